The monoisotopic (exact) mass is 222 g/mol. The van der Waals surface area contributed by atoms with Gasteiger partial charge in [-0.2, -0.15) is 0 Å². The Morgan fingerprint density at radius 3 is 2.87 bits per heavy atom. The highest BCUT2D eigenvalue weighted by Crippen LogP contribution is 2.23. The predicted octanol–water partition coefficient (Wildman–Crippen LogP) is 1.72. The number of nitrogens with one attached hydrogen (secondary N) is 1. The van der Waals surface area contributed by atoms with Crippen LogP contribution in [0.25, 0.3) is 11.3 Å². The second-order valence-electron chi connectivity index (χ2n) is 2.95. The van der Waals surface area contributed by atoms with Crippen molar-refractivity contribution in [3.8, 4) is 11.3 Å². The number of nitrogens with zero attached hydrogens (tertiary/aromatic N) is 1. The second kappa shape index (κ2) is 3.66. The van der Waals surface area contributed by atoms with Crippen molar-refractivity contribution >= 4 is 22.2 Å². The molecule has 5 nitrogen and oxygen atoms in total. The Morgan fingerprint density at radius 2 is 2.27 bits per heavy atom. The molecule has 1 aromatic carbocycles. The van der Waals surface area contributed by atoms with Gasteiger partial charge in [0.15, 0.2) is 0 Å². The number of nitrogen functional groups attached to an aromatic ring is 1. The molecule has 0 atom stereocenters. The average Bonchev–Trinajstić information content (AvgIpc) is 2.65. The molecule has 0 amide bonds. The number of H-pyrrole nitrogens is 1. The number of anilines is 1. The molecular formula is C9H8N3O2S+. The third kappa shape index (κ3) is 1.94. The fraction of sp³-hybridized carbons (Fsp3) is 0. The quantitative estimate of drug-likeness (QED) is 0.620. The molecule has 0 spiro atoms. The molecule has 2 rings (SSSR count). The van der Waals surface area contributed by atoms with Gasteiger partial charge in [-0.25, -0.2) is 4.98 Å². The molecule has 76 valence electrons. The third-order valence-corrected chi connectivity index (χ3v) is 2.64. The molecule has 3 N–H and O–H groups in total. The van der Waals surface area contributed by atoms with Crippen molar-refractivity contribution in [3.63, 3.8) is 0 Å². The van der Waals surface area contributed by atoms with Crippen LogP contribution in [0.5, 0.6) is 0 Å². The fourth-order valence-electron chi connectivity index (χ4n) is 1.24. The van der Waals surface area contributed by atoms with Gasteiger partial charge in [0, 0.05) is 23.1 Å². The third-order valence-electron chi connectivity index (χ3n) is 1.93. The fourth-order valence-corrected chi connectivity index (χ4v) is 1.85. The zero-order chi connectivity index (χ0) is 10.8. The molecule has 0 aliphatic carbocycles. The minimum atomic E-state index is -0.417. The summed E-state index contributed by atoms with van der Waals surface area (Å²) in [5, 5.41) is 13.0. The van der Waals surface area contributed by atoms with Crippen molar-refractivity contribution in [1.82, 2.24) is 0 Å². The molecule has 0 aliphatic rings. The van der Waals surface area contributed by atoms with Crippen LogP contribution >= 0.6 is 11.3 Å². The topological polar surface area (TPSA) is 83.3 Å². The summed E-state index contributed by atoms with van der Waals surface area (Å²) in [5.74, 6) is 0. The number of aromatic amines is 1. The zero-order valence-corrected chi connectivity index (χ0v) is 8.45. The first-order chi connectivity index (χ1) is 7.16. The first-order valence-corrected chi connectivity index (χ1v) is 5.06. The van der Waals surface area contributed by atoms with Crippen LogP contribution < -0.4 is 10.7 Å². The maximum atomic E-state index is 10.6. The zero-order valence-electron chi connectivity index (χ0n) is 7.64. The van der Waals surface area contributed by atoms with Gasteiger partial charge in [-0.15, -0.1) is 0 Å². The van der Waals surface area contributed by atoms with Crippen LogP contribution in [-0.4, -0.2) is 4.92 Å². The lowest BCUT2D eigenvalue weighted by Gasteiger charge is -1.94. The normalized spacial score (nSPS) is 10.1. The first-order valence-electron chi connectivity index (χ1n) is 4.18. The van der Waals surface area contributed by atoms with E-state index in [1.165, 1.54) is 23.5 Å². The molecule has 6 heteroatoms. The molecule has 0 aliphatic heterocycles. The van der Waals surface area contributed by atoms with E-state index in [2.05, 4.69) is 4.98 Å². The smallest absolute Gasteiger partial charge is 0.278 e. The van der Waals surface area contributed by atoms with E-state index in [4.69, 9.17) is 5.73 Å². The number of nitro groups is 1. The van der Waals surface area contributed by atoms with Gasteiger partial charge in [-0.1, -0.05) is 23.5 Å². The molecule has 1 heterocycles. The molecule has 0 saturated heterocycles. The molecule has 0 saturated carbocycles. The summed E-state index contributed by atoms with van der Waals surface area (Å²) >= 11 is 1.37. The van der Waals surface area contributed by atoms with Crippen molar-refractivity contribution in [2.45, 2.75) is 0 Å². The van der Waals surface area contributed by atoms with Crippen molar-refractivity contribution in [1.29, 1.82) is 0 Å². The summed E-state index contributed by atoms with van der Waals surface area (Å²) in [6.07, 6.45) is 0. The number of nitro benzene ring substituents is 1. The van der Waals surface area contributed by atoms with E-state index in [-0.39, 0.29) is 5.69 Å². The van der Waals surface area contributed by atoms with Crippen molar-refractivity contribution < 1.29 is 9.91 Å². The summed E-state index contributed by atoms with van der Waals surface area (Å²) in [6, 6.07) is 6.41. The predicted molar refractivity (Wildman–Crippen MR) is 57.4 cm³/mol. The second-order valence-corrected chi connectivity index (χ2v) is 3.86. The van der Waals surface area contributed by atoms with Crippen LogP contribution in [0.4, 0.5) is 10.8 Å². The van der Waals surface area contributed by atoms with E-state index < -0.39 is 4.92 Å². The van der Waals surface area contributed by atoms with Crippen molar-refractivity contribution in [2.24, 2.45) is 0 Å². The molecule has 0 radical (unpaired) electrons. The Hall–Kier alpha value is -1.95. The largest absolute Gasteiger partial charge is 0.329 e. The summed E-state index contributed by atoms with van der Waals surface area (Å²) in [4.78, 5) is 13.1. The van der Waals surface area contributed by atoms with Gasteiger partial charge in [0.2, 0.25) is 0 Å². The van der Waals surface area contributed by atoms with Crippen LogP contribution in [0, 0.1) is 10.1 Å². The Labute approximate surface area is 89.3 Å². The highest BCUT2D eigenvalue weighted by Gasteiger charge is 2.10. The lowest BCUT2D eigenvalue weighted by atomic mass is 10.1. The number of benzene rings is 1. The van der Waals surface area contributed by atoms with Crippen LogP contribution in [0.15, 0.2) is 29.6 Å². The van der Waals surface area contributed by atoms with E-state index in [9.17, 15) is 10.1 Å². The highest BCUT2D eigenvalue weighted by atomic mass is 32.1. The maximum absolute atomic E-state index is 10.6. The molecule has 0 unspecified atom stereocenters. The number of thiazole rings is 1. The molecular weight excluding hydrogens is 214 g/mol. The standard InChI is InChI=1S/C9H7N3O2S/c10-9-11-8(5-15-9)6-2-1-3-7(4-6)12(13)14/h1-5H,(H2,10,11)/p+1. The van der Waals surface area contributed by atoms with E-state index >= 15 is 0 Å². The minimum absolute atomic E-state index is 0.0747. The SMILES string of the molecule is Nc1[nH+]c(-c2cccc([N+](=O)[O-])c2)cs1. The lowest BCUT2D eigenvalue weighted by Crippen LogP contribution is -2.06. The summed E-state index contributed by atoms with van der Waals surface area (Å²) in [6.45, 7) is 0. The molecule has 15 heavy (non-hydrogen) atoms. The first kappa shape index (κ1) is 9.60. The number of nitrogens with two attached hydrogens (primary N) is 1. The Kier molecular flexibility index (Phi) is 2.34. The van der Waals surface area contributed by atoms with Gasteiger partial charge in [0.05, 0.1) is 4.92 Å². The van der Waals surface area contributed by atoms with Crippen LogP contribution in [-0.2, 0) is 0 Å². The minimum Gasteiger partial charge on any atom is -0.278 e. The summed E-state index contributed by atoms with van der Waals surface area (Å²) in [7, 11) is 0. The van der Waals surface area contributed by atoms with Crippen LogP contribution in [0.1, 0.15) is 0 Å². The average molecular weight is 222 g/mol. The summed E-state index contributed by atoms with van der Waals surface area (Å²) in [5.41, 5.74) is 7.17. The van der Waals surface area contributed by atoms with E-state index in [1.54, 1.807) is 12.1 Å². The highest BCUT2D eigenvalue weighted by molar-refractivity contribution is 7.13. The number of non-ortho nitro benzene ring substituents is 1. The van der Waals surface area contributed by atoms with Gasteiger partial charge in [0.1, 0.15) is 5.69 Å². The lowest BCUT2D eigenvalue weighted by molar-refractivity contribution is -0.385. The van der Waals surface area contributed by atoms with E-state index in [0.29, 0.717) is 5.13 Å². The maximum Gasteiger partial charge on any atom is 0.329 e. The summed E-state index contributed by atoms with van der Waals surface area (Å²) < 4.78 is 0. The Balaban J connectivity index is 2.45. The number of hydrogen-bond acceptors (Lipinski definition) is 4. The van der Waals surface area contributed by atoms with Gasteiger partial charge in [-0.05, 0) is 0 Å². The van der Waals surface area contributed by atoms with Crippen molar-refractivity contribution in [2.75, 3.05) is 5.73 Å². The molecule has 1 aromatic heterocycles. The number of hydrogen-bond donors (Lipinski definition) is 1. The molecule has 0 fully saturated rings. The van der Waals surface area contributed by atoms with Gasteiger partial charge in [0.25, 0.3) is 5.69 Å². The number of rotatable bonds is 2. The van der Waals surface area contributed by atoms with E-state index in [1.807, 2.05) is 5.38 Å². The number of aromatic nitrogens is 1. The van der Waals surface area contributed by atoms with Crippen molar-refractivity contribution in [3.05, 3.63) is 39.8 Å². The van der Waals surface area contributed by atoms with Gasteiger partial charge in [-0.3, -0.25) is 15.8 Å². The van der Waals surface area contributed by atoms with E-state index in [0.717, 1.165) is 11.3 Å². The van der Waals surface area contributed by atoms with Crippen LogP contribution in [0.3, 0.4) is 0 Å². The molecule has 0 bridgehead atoms. The Bertz CT molecular complexity index is 510. The Morgan fingerprint density at radius 1 is 1.47 bits per heavy atom. The van der Waals surface area contributed by atoms with Gasteiger partial charge < -0.3 is 0 Å². The van der Waals surface area contributed by atoms with Gasteiger partial charge >= 0.3 is 5.13 Å². The molecule has 2 aromatic rings. The van der Waals surface area contributed by atoms with Crippen LogP contribution in [0.2, 0.25) is 0 Å².